The second-order valence-electron chi connectivity index (χ2n) is 3.08. The van der Waals surface area contributed by atoms with Crippen molar-refractivity contribution >= 4 is 0 Å². The van der Waals surface area contributed by atoms with E-state index in [2.05, 4.69) is 5.32 Å². The van der Waals surface area contributed by atoms with E-state index in [-0.39, 0.29) is 12.5 Å². The molecule has 0 saturated carbocycles. The lowest BCUT2D eigenvalue weighted by Gasteiger charge is -2.15. The first kappa shape index (κ1) is 8.93. The van der Waals surface area contributed by atoms with E-state index in [0.717, 1.165) is 0 Å². The number of hydrogen-bond donors (Lipinski definition) is 4. The molecule has 0 amide bonds. The van der Waals surface area contributed by atoms with E-state index in [9.17, 15) is 10.2 Å². The van der Waals surface area contributed by atoms with Crippen LogP contribution in [0.25, 0.3) is 0 Å². The molecule has 11 heavy (non-hydrogen) atoms. The van der Waals surface area contributed by atoms with Gasteiger partial charge in [-0.2, -0.15) is 0 Å². The molecule has 0 spiro atoms. The number of rotatable bonds is 1. The number of aliphatic hydroxyl groups is 3. The first-order valence-corrected chi connectivity index (χ1v) is 3.91. The van der Waals surface area contributed by atoms with E-state index < -0.39 is 12.2 Å². The Morgan fingerprint density at radius 3 is 2.55 bits per heavy atom. The van der Waals surface area contributed by atoms with Gasteiger partial charge in [0.2, 0.25) is 0 Å². The van der Waals surface area contributed by atoms with Crippen molar-refractivity contribution in [2.75, 3.05) is 19.7 Å². The zero-order chi connectivity index (χ0) is 8.27. The summed E-state index contributed by atoms with van der Waals surface area (Å²) in [7, 11) is 0. The van der Waals surface area contributed by atoms with Gasteiger partial charge in [0.25, 0.3) is 0 Å². The third-order valence-corrected chi connectivity index (χ3v) is 2.06. The quantitative estimate of drug-likeness (QED) is 0.370. The second-order valence-corrected chi connectivity index (χ2v) is 3.08. The molecule has 1 aliphatic rings. The predicted octanol–water partition coefficient (Wildman–Crippen LogP) is -1.69. The Balaban J connectivity index is 2.41. The van der Waals surface area contributed by atoms with Gasteiger partial charge in [0.05, 0.1) is 12.2 Å². The highest BCUT2D eigenvalue weighted by Gasteiger charge is 2.23. The van der Waals surface area contributed by atoms with Gasteiger partial charge in [-0.25, -0.2) is 0 Å². The van der Waals surface area contributed by atoms with Gasteiger partial charge in [0, 0.05) is 19.7 Å². The van der Waals surface area contributed by atoms with Gasteiger partial charge in [-0.3, -0.25) is 0 Å². The zero-order valence-corrected chi connectivity index (χ0v) is 6.40. The smallest absolute Gasteiger partial charge is 0.0923 e. The second kappa shape index (κ2) is 4.01. The topological polar surface area (TPSA) is 72.7 Å². The standard InChI is InChI=1S/C7H15NO3/c9-4-5-1-6(10)7(11)3-8-2-5/h5-11H,1-4H2/t5-,6-,7+/m0/s1. The molecule has 0 aromatic heterocycles. The molecular formula is C7H15NO3. The molecule has 0 aromatic carbocycles. The molecule has 4 N–H and O–H groups in total. The maximum atomic E-state index is 9.26. The molecule has 1 rings (SSSR count). The van der Waals surface area contributed by atoms with Crippen molar-refractivity contribution in [3.8, 4) is 0 Å². The summed E-state index contributed by atoms with van der Waals surface area (Å²) in [6.45, 7) is 1.15. The van der Waals surface area contributed by atoms with Crippen LogP contribution in [0.1, 0.15) is 6.42 Å². The average molecular weight is 161 g/mol. The molecule has 1 fully saturated rings. The lowest BCUT2D eigenvalue weighted by molar-refractivity contribution is 0.0137. The highest BCUT2D eigenvalue weighted by atomic mass is 16.3. The summed E-state index contributed by atoms with van der Waals surface area (Å²) in [6.07, 6.45) is -0.904. The van der Waals surface area contributed by atoms with E-state index in [4.69, 9.17) is 5.11 Å². The summed E-state index contributed by atoms with van der Waals surface area (Å²) in [4.78, 5) is 0. The monoisotopic (exact) mass is 161 g/mol. The molecule has 4 heteroatoms. The Hall–Kier alpha value is -0.160. The van der Waals surface area contributed by atoms with Crippen LogP contribution in [-0.4, -0.2) is 47.2 Å². The van der Waals surface area contributed by atoms with Crippen molar-refractivity contribution in [3.05, 3.63) is 0 Å². The number of nitrogens with one attached hydrogen (secondary N) is 1. The van der Waals surface area contributed by atoms with Crippen LogP contribution in [0.2, 0.25) is 0 Å². The number of hydrogen-bond acceptors (Lipinski definition) is 4. The summed E-state index contributed by atoms with van der Waals surface area (Å²) in [5.41, 5.74) is 0. The Labute approximate surface area is 65.9 Å². The van der Waals surface area contributed by atoms with Gasteiger partial charge in [0.15, 0.2) is 0 Å². The average Bonchev–Trinajstić information content (AvgIpc) is 2.15. The number of β-amino-alcohol motifs (C(OH)–C–C–N with tert-alkyl or cyclic N) is 1. The Morgan fingerprint density at radius 2 is 1.91 bits per heavy atom. The SMILES string of the molecule is OC[C@@H]1CNC[C@@H](O)[C@@H](O)C1. The molecule has 0 radical (unpaired) electrons. The van der Waals surface area contributed by atoms with E-state index in [1.54, 1.807) is 0 Å². The zero-order valence-electron chi connectivity index (χ0n) is 6.40. The third-order valence-electron chi connectivity index (χ3n) is 2.06. The minimum atomic E-state index is -0.692. The minimum absolute atomic E-state index is 0.0663. The maximum absolute atomic E-state index is 9.26. The normalized spacial score (nSPS) is 40.1. The molecule has 4 nitrogen and oxygen atoms in total. The van der Waals surface area contributed by atoms with Crippen molar-refractivity contribution in [1.82, 2.24) is 5.32 Å². The van der Waals surface area contributed by atoms with Crippen LogP contribution in [0.15, 0.2) is 0 Å². The van der Waals surface area contributed by atoms with Gasteiger partial charge in [-0.1, -0.05) is 0 Å². The summed E-state index contributed by atoms with van der Waals surface area (Å²) in [5.74, 6) is 0.0714. The predicted molar refractivity (Wildman–Crippen MR) is 40.1 cm³/mol. The molecule has 1 aliphatic heterocycles. The minimum Gasteiger partial charge on any atom is -0.396 e. The molecule has 1 saturated heterocycles. The first-order chi connectivity index (χ1) is 5.24. The molecule has 0 unspecified atom stereocenters. The van der Waals surface area contributed by atoms with Crippen LogP contribution in [0.4, 0.5) is 0 Å². The summed E-state index contributed by atoms with van der Waals surface area (Å²) < 4.78 is 0. The van der Waals surface area contributed by atoms with E-state index in [1.807, 2.05) is 0 Å². The van der Waals surface area contributed by atoms with Crippen molar-refractivity contribution in [1.29, 1.82) is 0 Å². The summed E-state index contributed by atoms with van der Waals surface area (Å²) in [6, 6.07) is 0. The lowest BCUT2D eigenvalue weighted by Crippen LogP contribution is -2.32. The van der Waals surface area contributed by atoms with E-state index >= 15 is 0 Å². The molecule has 3 atom stereocenters. The largest absolute Gasteiger partial charge is 0.396 e. The highest BCUT2D eigenvalue weighted by molar-refractivity contribution is 4.78. The third kappa shape index (κ3) is 2.41. The lowest BCUT2D eigenvalue weighted by atomic mass is 10.0. The van der Waals surface area contributed by atoms with Gasteiger partial charge >= 0.3 is 0 Å². The van der Waals surface area contributed by atoms with Gasteiger partial charge in [0.1, 0.15) is 0 Å². The molecule has 1 heterocycles. The van der Waals surface area contributed by atoms with Crippen molar-refractivity contribution in [2.45, 2.75) is 18.6 Å². The highest BCUT2D eigenvalue weighted by Crippen LogP contribution is 2.11. The fourth-order valence-electron chi connectivity index (χ4n) is 1.29. The summed E-state index contributed by atoms with van der Waals surface area (Å²) in [5, 5.41) is 30.2. The molecule has 0 aliphatic carbocycles. The van der Waals surface area contributed by atoms with Crippen LogP contribution < -0.4 is 5.32 Å². The Bertz CT molecular complexity index is 120. The van der Waals surface area contributed by atoms with Crippen LogP contribution in [0.3, 0.4) is 0 Å². The maximum Gasteiger partial charge on any atom is 0.0923 e. The molecule has 0 aromatic rings. The van der Waals surface area contributed by atoms with Crippen LogP contribution in [0, 0.1) is 5.92 Å². The number of aliphatic hydroxyl groups excluding tert-OH is 3. The summed E-state index contributed by atoms with van der Waals surface area (Å²) >= 11 is 0. The van der Waals surface area contributed by atoms with E-state index in [1.165, 1.54) is 0 Å². The van der Waals surface area contributed by atoms with Crippen LogP contribution in [0.5, 0.6) is 0 Å². The van der Waals surface area contributed by atoms with Gasteiger partial charge in [-0.15, -0.1) is 0 Å². The van der Waals surface area contributed by atoms with Crippen molar-refractivity contribution in [2.24, 2.45) is 5.92 Å². The molecule has 66 valence electrons. The Kier molecular flexibility index (Phi) is 3.26. The van der Waals surface area contributed by atoms with Gasteiger partial charge < -0.3 is 20.6 Å². The van der Waals surface area contributed by atoms with Crippen molar-refractivity contribution in [3.63, 3.8) is 0 Å². The Morgan fingerprint density at radius 1 is 1.18 bits per heavy atom. The van der Waals surface area contributed by atoms with Crippen LogP contribution >= 0.6 is 0 Å². The van der Waals surface area contributed by atoms with Gasteiger partial charge in [-0.05, 0) is 12.3 Å². The fourth-order valence-corrected chi connectivity index (χ4v) is 1.29. The van der Waals surface area contributed by atoms with Crippen molar-refractivity contribution < 1.29 is 15.3 Å². The first-order valence-electron chi connectivity index (χ1n) is 3.91. The van der Waals surface area contributed by atoms with Crippen LogP contribution in [-0.2, 0) is 0 Å². The fraction of sp³-hybridized carbons (Fsp3) is 1.00. The molecular weight excluding hydrogens is 146 g/mol. The van der Waals surface area contributed by atoms with E-state index in [0.29, 0.717) is 19.5 Å². The molecule has 0 bridgehead atoms.